The van der Waals surface area contributed by atoms with Gasteiger partial charge in [-0.3, -0.25) is 14.3 Å². The molecule has 28 heavy (non-hydrogen) atoms. The number of aromatic nitrogens is 3. The molecule has 0 aliphatic heterocycles. The van der Waals surface area contributed by atoms with Gasteiger partial charge < -0.3 is 5.32 Å². The van der Waals surface area contributed by atoms with E-state index in [1.807, 2.05) is 79.4 Å². The van der Waals surface area contributed by atoms with Crippen LogP contribution in [0.15, 0.2) is 53.3 Å². The average molecular weight is 374 g/mol. The van der Waals surface area contributed by atoms with Gasteiger partial charge in [0.05, 0.1) is 5.52 Å². The summed E-state index contributed by atoms with van der Waals surface area (Å²) in [6.45, 7) is 7.66. The number of benzene rings is 2. The van der Waals surface area contributed by atoms with E-state index in [0.717, 1.165) is 33.4 Å². The molecule has 142 valence electrons. The molecule has 0 fully saturated rings. The number of carbonyl (C=O) groups is 1. The average Bonchev–Trinajstić information content (AvgIpc) is 2.99. The molecule has 1 N–H and O–H groups in total. The highest BCUT2D eigenvalue weighted by molar-refractivity contribution is 5.98. The summed E-state index contributed by atoms with van der Waals surface area (Å²) in [4.78, 5) is 29.3. The molecule has 0 saturated heterocycles. The van der Waals surface area contributed by atoms with Crippen LogP contribution >= 0.6 is 0 Å². The Balaban J connectivity index is 1.88. The molecule has 2 heterocycles. The lowest BCUT2D eigenvalue weighted by molar-refractivity contribution is -0.119. The maximum absolute atomic E-state index is 13.2. The van der Waals surface area contributed by atoms with E-state index >= 15 is 0 Å². The number of hydrogen-bond donors (Lipinski definition) is 1. The van der Waals surface area contributed by atoms with E-state index < -0.39 is 6.04 Å². The van der Waals surface area contributed by atoms with E-state index in [0.29, 0.717) is 5.65 Å². The zero-order valence-electron chi connectivity index (χ0n) is 16.4. The minimum Gasteiger partial charge on any atom is -0.324 e. The van der Waals surface area contributed by atoms with Gasteiger partial charge >= 0.3 is 0 Å². The van der Waals surface area contributed by atoms with Crippen LogP contribution in [-0.2, 0) is 4.79 Å². The van der Waals surface area contributed by atoms with Crippen LogP contribution in [0.25, 0.3) is 16.6 Å². The molecule has 0 aliphatic carbocycles. The first kappa shape index (κ1) is 18.0. The zero-order valence-corrected chi connectivity index (χ0v) is 16.4. The number of anilines is 1. The summed E-state index contributed by atoms with van der Waals surface area (Å²) in [5, 5.41) is 3.91. The van der Waals surface area contributed by atoms with Crippen molar-refractivity contribution in [3.8, 4) is 0 Å². The third-order valence-corrected chi connectivity index (χ3v) is 5.17. The number of para-hydroxylation sites is 2. The Morgan fingerprint density at radius 2 is 1.71 bits per heavy atom. The Labute approximate surface area is 162 Å². The highest BCUT2D eigenvalue weighted by Gasteiger charge is 2.23. The SMILES string of the molecule is Cc1cccc(C)c1NC(=O)[C@@H](C)n1c2ccccc2c2nc(=O)cc(C)n21. The van der Waals surface area contributed by atoms with Crippen molar-refractivity contribution in [1.82, 2.24) is 14.2 Å². The molecule has 6 heteroatoms. The number of aryl methyl sites for hydroxylation is 3. The lowest BCUT2D eigenvalue weighted by Crippen LogP contribution is -2.27. The molecule has 6 nitrogen and oxygen atoms in total. The Kier molecular flexibility index (Phi) is 4.26. The topological polar surface area (TPSA) is 68.4 Å². The quantitative estimate of drug-likeness (QED) is 0.593. The lowest BCUT2D eigenvalue weighted by Gasteiger charge is -2.19. The summed E-state index contributed by atoms with van der Waals surface area (Å²) in [5.74, 6) is -0.127. The molecule has 4 rings (SSSR count). The number of nitrogens with zero attached hydrogens (tertiary/aromatic N) is 3. The van der Waals surface area contributed by atoms with Crippen LogP contribution in [0.2, 0.25) is 0 Å². The summed E-state index contributed by atoms with van der Waals surface area (Å²) in [7, 11) is 0. The van der Waals surface area contributed by atoms with E-state index in [-0.39, 0.29) is 11.5 Å². The second-order valence-electron chi connectivity index (χ2n) is 7.16. The van der Waals surface area contributed by atoms with Gasteiger partial charge in [0, 0.05) is 22.8 Å². The fourth-order valence-electron chi connectivity index (χ4n) is 3.74. The second-order valence-corrected chi connectivity index (χ2v) is 7.16. The highest BCUT2D eigenvalue weighted by atomic mass is 16.2. The van der Waals surface area contributed by atoms with Gasteiger partial charge in [-0.2, -0.15) is 4.98 Å². The van der Waals surface area contributed by atoms with Gasteiger partial charge in [-0.1, -0.05) is 30.3 Å². The number of amides is 1. The first-order valence-corrected chi connectivity index (χ1v) is 9.25. The Morgan fingerprint density at radius 1 is 1.04 bits per heavy atom. The Hall–Kier alpha value is -3.41. The van der Waals surface area contributed by atoms with Crippen LogP contribution in [0.5, 0.6) is 0 Å². The fraction of sp³-hybridized carbons (Fsp3) is 0.227. The van der Waals surface area contributed by atoms with Crippen LogP contribution in [0.3, 0.4) is 0 Å². The molecule has 0 saturated carbocycles. The Bertz CT molecular complexity index is 1260. The molecule has 2 aromatic carbocycles. The van der Waals surface area contributed by atoms with Crippen molar-refractivity contribution in [3.63, 3.8) is 0 Å². The summed E-state index contributed by atoms with van der Waals surface area (Å²) < 4.78 is 3.75. The van der Waals surface area contributed by atoms with Gasteiger partial charge in [-0.25, -0.2) is 4.52 Å². The number of fused-ring (bicyclic) bond motifs is 3. The minimum atomic E-state index is -0.510. The van der Waals surface area contributed by atoms with Crippen LogP contribution in [0.4, 0.5) is 5.69 Å². The number of hydrogen-bond acceptors (Lipinski definition) is 3. The zero-order chi connectivity index (χ0) is 20.0. The first-order chi connectivity index (χ1) is 13.4. The molecule has 4 aromatic rings. The fourth-order valence-corrected chi connectivity index (χ4v) is 3.74. The number of rotatable bonds is 3. The third kappa shape index (κ3) is 2.78. The van der Waals surface area contributed by atoms with Crippen molar-refractivity contribution in [2.75, 3.05) is 5.32 Å². The predicted molar refractivity (Wildman–Crippen MR) is 111 cm³/mol. The molecular weight excluding hydrogens is 352 g/mol. The molecule has 0 aliphatic rings. The van der Waals surface area contributed by atoms with Crippen molar-refractivity contribution >= 4 is 28.1 Å². The summed E-state index contributed by atoms with van der Waals surface area (Å²) in [5.41, 5.74) is 4.74. The normalized spacial score (nSPS) is 12.4. The third-order valence-electron chi connectivity index (χ3n) is 5.17. The molecule has 2 aromatic heterocycles. The van der Waals surface area contributed by atoms with Gasteiger partial charge in [-0.15, -0.1) is 0 Å². The maximum Gasteiger partial charge on any atom is 0.273 e. The number of carbonyl (C=O) groups excluding carboxylic acids is 1. The van der Waals surface area contributed by atoms with Gasteiger partial charge in [0.15, 0.2) is 5.65 Å². The van der Waals surface area contributed by atoms with Gasteiger partial charge in [-0.05, 0) is 51.0 Å². The second kappa shape index (κ2) is 6.64. The largest absolute Gasteiger partial charge is 0.324 e. The van der Waals surface area contributed by atoms with Crippen molar-refractivity contribution in [1.29, 1.82) is 0 Å². The van der Waals surface area contributed by atoms with Crippen LogP contribution in [-0.4, -0.2) is 20.1 Å². The van der Waals surface area contributed by atoms with Gasteiger partial charge in [0.25, 0.3) is 5.56 Å². The standard InChI is InChI=1S/C22H22N4O2/c1-13-8-7-9-14(2)20(13)24-22(28)16(4)26-18-11-6-5-10-17(18)21-23-19(27)12-15(3)25(21)26/h5-12,16H,1-4H3,(H,24,28)/t16-/m1/s1. The summed E-state index contributed by atoms with van der Waals surface area (Å²) >= 11 is 0. The van der Waals surface area contributed by atoms with Gasteiger partial charge in [0.2, 0.25) is 5.91 Å². The van der Waals surface area contributed by atoms with E-state index in [1.165, 1.54) is 6.07 Å². The molecular formula is C22H22N4O2. The predicted octanol–water partition coefficient (Wildman–Crippen LogP) is 3.77. The highest BCUT2D eigenvalue weighted by Crippen LogP contribution is 2.26. The van der Waals surface area contributed by atoms with E-state index in [2.05, 4.69) is 10.3 Å². The van der Waals surface area contributed by atoms with Crippen molar-refractivity contribution in [2.24, 2.45) is 0 Å². The van der Waals surface area contributed by atoms with E-state index in [1.54, 1.807) is 0 Å². The summed E-state index contributed by atoms with van der Waals surface area (Å²) in [6.07, 6.45) is 0. The van der Waals surface area contributed by atoms with Crippen LogP contribution < -0.4 is 10.9 Å². The molecule has 0 radical (unpaired) electrons. The van der Waals surface area contributed by atoms with Gasteiger partial charge in [0.1, 0.15) is 6.04 Å². The minimum absolute atomic E-state index is 0.127. The lowest BCUT2D eigenvalue weighted by atomic mass is 10.1. The smallest absolute Gasteiger partial charge is 0.273 e. The molecule has 1 amide bonds. The van der Waals surface area contributed by atoms with E-state index in [4.69, 9.17) is 0 Å². The molecule has 0 unspecified atom stereocenters. The Morgan fingerprint density at radius 3 is 2.43 bits per heavy atom. The number of nitrogens with one attached hydrogen (secondary N) is 1. The van der Waals surface area contributed by atoms with Crippen molar-refractivity contribution in [3.05, 3.63) is 75.7 Å². The maximum atomic E-state index is 13.2. The molecule has 0 bridgehead atoms. The van der Waals surface area contributed by atoms with Crippen LogP contribution in [0, 0.1) is 20.8 Å². The van der Waals surface area contributed by atoms with Crippen molar-refractivity contribution < 1.29 is 4.79 Å². The van der Waals surface area contributed by atoms with Crippen molar-refractivity contribution in [2.45, 2.75) is 33.7 Å². The van der Waals surface area contributed by atoms with E-state index in [9.17, 15) is 9.59 Å². The first-order valence-electron chi connectivity index (χ1n) is 9.25. The molecule has 1 atom stereocenters. The molecule has 0 spiro atoms. The summed E-state index contributed by atoms with van der Waals surface area (Å²) in [6, 6.07) is 14.6. The van der Waals surface area contributed by atoms with Crippen LogP contribution in [0.1, 0.15) is 29.8 Å². The monoisotopic (exact) mass is 374 g/mol.